The average Bonchev–Trinajstić information content (AvgIpc) is 2.90. The minimum absolute atomic E-state index is 0.635. The van der Waals surface area contributed by atoms with Crippen molar-refractivity contribution < 1.29 is 0 Å². The van der Waals surface area contributed by atoms with E-state index in [-0.39, 0.29) is 0 Å². The molecule has 2 aliphatic rings. The van der Waals surface area contributed by atoms with Crippen molar-refractivity contribution in [3.63, 3.8) is 0 Å². The second-order valence-corrected chi connectivity index (χ2v) is 6.27. The van der Waals surface area contributed by atoms with E-state index in [1.165, 1.54) is 37.3 Å². The number of hydrogen-bond acceptors (Lipinski definition) is 2. The zero-order valence-electron chi connectivity index (χ0n) is 11.5. The summed E-state index contributed by atoms with van der Waals surface area (Å²) in [6.07, 6.45) is 0. The summed E-state index contributed by atoms with van der Waals surface area (Å²) in [6.45, 7) is 10.7. The fourth-order valence-electron chi connectivity index (χ4n) is 3.35. The summed E-state index contributed by atoms with van der Waals surface area (Å²) in [5.41, 5.74) is 2.91. The Balaban J connectivity index is 1.60. The van der Waals surface area contributed by atoms with Gasteiger partial charge in [-0.15, -0.1) is 0 Å². The predicted octanol–water partition coefficient (Wildman–Crippen LogP) is 2.46. The average molecular weight is 244 g/mol. The molecule has 0 radical (unpaired) electrons. The van der Waals surface area contributed by atoms with Crippen molar-refractivity contribution in [2.45, 2.75) is 26.3 Å². The molecule has 1 aromatic rings. The maximum Gasteiger partial charge on any atom is 0.0233 e. The number of benzene rings is 1. The van der Waals surface area contributed by atoms with E-state index in [0.29, 0.717) is 5.92 Å². The number of fused-ring (bicyclic) bond motifs is 1. The van der Waals surface area contributed by atoms with Gasteiger partial charge in [-0.3, -0.25) is 4.90 Å². The molecule has 18 heavy (non-hydrogen) atoms. The standard InChI is InChI=1S/C16H24N2/c1-12(2)14-5-3-13(4-6-14)9-18-10-15-7-17-8-16(15)11-18/h3-6,12,15-17H,7-11H2,1-2H3/t15-,16+. The summed E-state index contributed by atoms with van der Waals surface area (Å²) in [6, 6.07) is 9.19. The second-order valence-electron chi connectivity index (χ2n) is 6.27. The normalized spacial score (nSPS) is 27.9. The quantitative estimate of drug-likeness (QED) is 0.878. The van der Waals surface area contributed by atoms with Gasteiger partial charge in [0.15, 0.2) is 0 Å². The molecule has 0 saturated carbocycles. The Morgan fingerprint density at radius 2 is 1.72 bits per heavy atom. The molecule has 2 saturated heterocycles. The van der Waals surface area contributed by atoms with Crippen LogP contribution in [0.1, 0.15) is 30.9 Å². The van der Waals surface area contributed by atoms with E-state index in [4.69, 9.17) is 0 Å². The van der Waals surface area contributed by atoms with Crippen LogP contribution in [-0.4, -0.2) is 31.1 Å². The van der Waals surface area contributed by atoms with Crippen LogP contribution in [0.5, 0.6) is 0 Å². The van der Waals surface area contributed by atoms with Crippen LogP contribution in [-0.2, 0) is 6.54 Å². The third-order valence-corrected chi connectivity index (χ3v) is 4.52. The highest BCUT2D eigenvalue weighted by Gasteiger charge is 2.35. The molecule has 0 aliphatic carbocycles. The minimum atomic E-state index is 0.635. The van der Waals surface area contributed by atoms with Crippen molar-refractivity contribution in [3.8, 4) is 0 Å². The Hall–Kier alpha value is -0.860. The largest absolute Gasteiger partial charge is 0.316 e. The van der Waals surface area contributed by atoms with Gasteiger partial charge >= 0.3 is 0 Å². The Morgan fingerprint density at radius 1 is 1.11 bits per heavy atom. The highest BCUT2D eigenvalue weighted by Crippen LogP contribution is 2.27. The molecule has 1 aromatic carbocycles. The lowest BCUT2D eigenvalue weighted by Gasteiger charge is -2.17. The van der Waals surface area contributed by atoms with Crippen molar-refractivity contribution >= 4 is 0 Å². The first-order valence-corrected chi connectivity index (χ1v) is 7.24. The van der Waals surface area contributed by atoms with E-state index < -0.39 is 0 Å². The highest BCUT2D eigenvalue weighted by molar-refractivity contribution is 5.24. The van der Waals surface area contributed by atoms with Gasteiger partial charge in [-0.05, 0) is 42.0 Å². The van der Waals surface area contributed by atoms with Gasteiger partial charge in [0.2, 0.25) is 0 Å². The van der Waals surface area contributed by atoms with E-state index in [9.17, 15) is 0 Å². The summed E-state index contributed by atoms with van der Waals surface area (Å²) in [5, 5.41) is 3.50. The molecule has 0 bridgehead atoms. The molecule has 2 nitrogen and oxygen atoms in total. The van der Waals surface area contributed by atoms with Crippen LogP contribution in [0, 0.1) is 11.8 Å². The molecule has 0 unspecified atom stereocenters. The van der Waals surface area contributed by atoms with Gasteiger partial charge in [-0.25, -0.2) is 0 Å². The minimum Gasteiger partial charge on any atom is -0.316 e. The molecule has 2 fully saturated rings. The van der Waals surface area contributed by atoms with Crippen LogP contribution in [0.4, 0.5) is 0 Å². The molecular weight excluding hydrogens is 220 g/mol. The number of nitrogens with zero attached hydrogens (tertiary/aromatic N) is 1. The van der Waals surface area contributed by atoms with Gasteiger partial charge < -0.3 is 5.32 Å². The number of likely N-dealkylation sites (tertiary alicyclic amines) is 1. The molecule has 3 rings (SSSR count). The van der Waals surface area contributed by atoms with Crippen LogP contribution >= 0.6 is 0 Å². The SMILES string of the molecule is CC(C)c1ccc(CN2C[C@H]3CNC[C@H]3C2)cc1. The highest BCUT2D eigenvalue weighted by atomic mass is 15.2. The molecule has 2 aliphatic heterocycles. The van der Waals surface area contributed by atoms with Crippen molar-refractivity contribution in [1.29, 1.82) is 0 Å². The van der Waals surface area contributed by atoms with Gasteiger partial charge in [0.05, 0.1) is 0 Å². The summed E-state index contributed by atoms with van der Waals surface area (Å²) < 4.78 is 0. The number of nitrogens with one attached hydrogen (secondary N) is 1. The van der Waals surface area contributed by atoms with E-state index in [1.54, 1.807) is 0 Å². The lowest BCUT2D eigenvalue weighted by atomic mass is 10.0. The topological polar surface area (TPSA) is 15.3 Å². The van der Waals surface area contributed by atoms with E-state index >= 15 is 0 Å². The molecule has 98 valence electrons. The summed E-state index contributed by atoms with van der Waals surface area (Å²) in [5.74, 6) is 2.44. The van der Waals surface area contributed by atoms with Gasteiger partial charge in [-0.1, -0.05) is 38.1 Å². The van der Waals surface area contributed by atoms with Crippen LogP contribution < -0.4 is 5.32 Å². The zero-order valence-corrected chi connectivity index (χ0v) is 11.5. The lowest BCUT2D eigenvalue weighted by molar-refractivity contribution is 0.305. The maximum atomic E-state index is 3.50. The summed E-state index contributed by atoms with van der Waals surface area (Å²) in [7, 11) is 0. The summed E-state index contributed by atoms with van der Waals surface area (Å²) in [4.78, 5) is 2.63. The second kappa shape index (κ2) is 5.02. The van der Waals surface area contributed by atoms with Gasteiger partial charge in [-0.2, -0.15) is 0 Å². The Kier molecular flexibility index (Phi) is 3.40. The van der Waals surface area contributed by atoms with E-state index in [1.807, 2.05) is 0 Å². The van der Waals surface area contributed by atoms with Crippen molar-refractivity contribution in [2.24, 2.45) is 11.8 Å². The Morgan fingerprint density at radius 3 is 2.28 bits per heavy atom. The first-order chi connectivity index (χ1) is 8.72. The molecule has 2 atom stereocenters. The molecule has 0 aromatic heterocycles. The van der Waals surface area contributed by atoms with E-state index in [2.05, 4.69) is 48.3 Å². The summed E-state index contributed by atoms with van der Waals surface area (Å²) >= 11 is 0. The van der Waals surface area contributed by atoms with Crippen molar-refractivity contribution in [3.05, 3.63) is 35.4 Å². The third-order valence-electron chi connectivity index (χ3n) is 4.52. The monoisotopic (exact) mass is 244 g/mol. The van der Waals surface area contributed by atoms with Crippen molar-refractivity contribution in [1.82, 2.24) is 10.2 Å². The first-order valence-electron chi connectivity index (χ1n) is 7.24. The van der Waals surface area contributed by atoms with E-state index in [0.717, 1.165) is 18.4 Å². The zero-order chi connectivity index (χ0) is 12.5. The number of hydrogen-bond donors (Lipinski definition) is 1. The maximum absolute atomic E-state index is 3.50. The fourth-order valence-corrected chi connectivity index (χ4v) is 3.35. The van der Waals surface area contributed by atoms with Crippen LogP contribution in [0.15, 0.2) is 24.3 Å². The van der Waals surface area contributed by atoms with Crippen LogP contribution in [0.2, 0.25) is 0 Å². The van der Waals surface area contributed by atoms with Gasteiger partial charge in [0.25, 0.3) is 0 Å². The molecule has 0 amide bonds. The molecule has 2 heterocycles. The van der Waals surface area contributed by atoms with Gasteiger partial charge in [0, 0.05) is 19.6 Å². The Labute approximate surface area is 110 Å². The van der Waals surface area contributed by atoms with Gasteiger partial charge in [0.1, 0.15) is 0 Å². The van der Waals surface area contributed by atoms with Crippen LogP contribution in [0.25, 0.3) is 0 Å². The Bertz CT molecular complexity index is 384. The first kappa shape index (κ1) is 12.2. The number of rotatable bonds is 3. The molecule has 2 heteroatoms. The van der Waals surface area contributed by atoms with Crippen molar-refractivity contribution in [2.75, 3.05) is 26.2 Å². The smallest absolute Gasteiger partial charge is 0.0233 e. The third kappa shape index (κ3) is 2.45. The molecule has 1 N–H and O–H groups in total. The molecular formula is C16H24N2. The molecule has 0 spiro atoms. The fraction of sp³-hybridized carbons (Fsp3) is 0.625. The lowest BCUT2D eigenvalue weighted by Crippen LogP contribution is -2.25. The van der Waals surface area contributed by atoms with Crippen LogP contribution in [0.3, 0.4) is 0 Å². The predicted molar refractivity (Wildman–Crippen MR) is 75.7 cm³/mol.